The minimum absolute atomic E-state index is 0.188. The fourth-order valence-corrected chi connectivity index (χ4v) is 6.52. The Morgan fingerprint density at radius 1 is 1.19 bits per heavy atom. The van der Waals surface area contributed by atoms with Crippen molar-refractivity contribution in [1.82, 2.24) is 0 Å². The number of methoxy groups -OCH3 is 2. The van der Waals surface area contributed by atoms with E-state index >= 15 is 0 Å². The van der Waals surface area contributed by atoms with Crippen LogP contribution in [0.3, 0.4) is 0 Å². The molecule has 0 saturated heterocycles. The van der Waals surface area contributed by atoms with Gasteiger partial charge in [0.2, 0.25) is 0 Å². The molecule has 1 aromatic carbocycles. The van der Waals surface area contributed by atoms with Crippen molar-refractivity contribution in [2.75, 3.05) is 14.2 Å². The molecule has 3 nitrogen and oxygen atoms in total. The Bertz CT molecular complexity index is 710. The summed E-state index contributed by atoms with van der Waals surface area (Å²) in [7, 11) is 3.56. The lowest BCUT2D eigenvalue weighted by Gasteiger charge is -2.50. The van der Waals surface area contributed by atoms with Gasteiger partial charge in [0.05, 0.1) is 18.8 Å². The summed E-state index contributed by atoms with van der Waals surface area (Å²) >= 11 is 0. The topological polar surface area (TPSA) is 35.5 Å². The van der Waals surface area contributed by atoms with E-state index in [-0.39, 0.29) is 5.78 Å². The standard InChI is InChI=1S/C23H32O3/c1-5-20(24)18-13-17-14(12-21(18)25-3)6-7-16-15(17)10-11-23(2)19(16)8-9-22(23)26-4/h12-13,15-16,19,22H,5-11H2,1-4H3/t15-,16+,19-,22-,23-/m0/s1. The molecule has 142 valence electrons. The van der Waals surface area contributed by atoms with Crippen LogP contribution in [0.2, 0.25) is 0 Å². The molecule has 2 fully saturated rings. The normalized spacial score (nSPS) is 35.4. The molecule has 0 bridgehead atoms. The Morgan fingerprint density at radius 2 is 2.00 bits per heavy atom. The minimum Gasteiger partial charge on any atom is -0.496 e. The predicted octanol–water partition coefficient (Wildman–Crippen LogP) is 5.16. The molecule has 0 spiro atoms. The fraction of sp³-hybridized carbons (Fsp3) is 0.696. The van der Waals surface area contributed by atoms with E-state index in [1.807, 2.05) is 14.0 Å². The summed E-state index contributed by atoms with van der Waals surface area (Å²) in [6, 6.07) is 4.33. The number of hydrogen-bond acceptors (Lipinski definition) is 3. The van der Waals surface area contributed by atoms with Crippen molar-refractivity contribution in [3.05, 3.63) is 28.8 Å². The molecule has 3 aliphatic rings. The molecule has 1 aromatic rings. The summed E-state index contributed by atoms with van der Waals surface area (Å²) in [5.74, 6) is 3.04. The second-order valence-corrected chi connectivity index (χ2v) is 8.79. The molecule has 0 amide bonds. The van der Waals surface area contributed by atoms with Gasteiger partial charge in [0.25, 0.3) is 0 Å². The van der Waals surface area contributed by atoms with Crippen molar-refractivity contribution in [3.63, 3.8) is 0 Å². The van der Waals surface area contributed by atoms with Crippen molar-refractivity contribution in [1.29, 1.82) is 0 Å². The third-order valence-electron chi connectivity index (χ3n) is 7.86. The van der Waals surface area contributed by atoms with E-state index in [4.69, 9.17) is 9.47 Å². The maximum atomic E-state index is 12.5. The van der Waals surface area contributed by atoms with Crippen molar-refractivity contribution in [2.24, 2.45) is 17.3 Å². The van der Waals surface area contributed by atoms with E-state index in [1.165, 1.54) is 43.2 Å². The molecule has 0 unspecified atom stereocenters. The Balaban J connectivity index is 1.71. The second kappa shape index (κ2) is 6.67. The molecule has 4 rings (SSSR count). The van der Waals surface area contributed by atoms with Crippen LogP contribution in [0.5, 0.6) is 5.75 Å². The highest BCUT2D eigenvalue weighted by molar-refractivity contribution is 5.98. The third-order valence-corrected chi connectivity index (χ3v) is 7.86. The van der Waals surface area contributed by atoms with Crippen LogP contribution in [0.25, 0.3) is 0 Å². The average Bonchev–Trinajstić information content (AvgIpc) is 3.02. The maximum absolute atomic E-state index is 12.5. The number of ketones is 1. The van der Waals surface area contributed by atoms with Gasteiger partial charge in [0, 0.05) is 13.5 Å². The number of carbonyl (C=O) groups is 1. The quantitative estimate of drug-likeness (QED) is 0.699. The zero-order valence-electron chi connectivity index (χ0n) is 16.6. The Morgan fingerprint density at radius 3 is 2.69 bits per heavy atom. The van der Waals surface area contributed by atoms with Gasteiger partial charge >= 0.3 is 0 Å². The first-order valence-electron chi connectivity index (χ1n) is 10.3. The second-order valence-electron chi connectivity index (χ2n) is 8.79. The Labute approximate surface area is 157 Å². The number of benzene rings is 1. The number of hydrogen-bond donors (Lipinski definition) is 0. The summed E-state index contributed by atoms with van der Waals surface area (Å²) < 4.78 is 11.4. The molecule has 26 heavy (non-hydrogen) atoms. The molecule has 0 heterocycles. The van der Waals surface area contributed by atoms with Crippen LogP contribution in [0.4, 0.5) is 0 Å². The largest absolute Gasteiger partial charge is 0.496 e. The van der Waals surface area contributed by atoms with E-state index in [0.29, 0.717) is 23.9 Å². The summed E-state index contributed by atoms with van der Waals surface area (Å²) in [4.78, 5) is 12.5. The highest BCUT2D eigenvalue weighted by Gasteiger charge is 2.55. The first kappa shape index (κ1) is 18.0. The van der Waals surface area contributed by atoms with Gasteiger partial charge in [0.15, 0.2) is 5.78 Å². The average molecular weight is 357 g/mol. The highest BCUT2D eigenvalue weighted by atomic mass is 16.5. The Kier molecular flexibility index (Phi) is 4.63. The number of fused-ring (bicyclic) bond motifs is 5. The molecule has 0 radical (unpaired) electrons. The number of ether oxygens (including phenoxy) is 2. The van der Waals surface area contributed by atoms with Crippen LogP contribution < -0.4 is 4.74 Å². The number of rotatable bonds is 4. The summed E-state index contributed by atoms with van der Waals surface area (Å²) in [6.45, 7) is 4.39. The molecule has 0 aromatic heterocycles. The van der Waals surface area contributed by atoms with Crippen molar-refractivity contribution >= 4 is 5.78 Å². The van der Waals surface area contributed by atoms with Crippen LogP contribution in [0.1, 0.15) is 79.8 Å². The maximum Gasteiger partial charge on any atom is 0.166 e. The lowest BCUT2D eigenvalue weighted by molar-refractivity contribution is -0.0444. The van der Waals surface area contributed by atoms with Gasteiger partial charge in [-0.25, -0.2) is 0 Å². The zero-order chi connectivity index (χ0) is 18.5. The van der Waals surface area contributed by atoms with Crippen molar-refractivity contribution in [3.8, 4) is 5.75 Å². The smallest absolute Gasteiger partial charge is 0.166 e. The molecule has 5 atom stereocenters. The van der Waals surface area contributed by atoms with E-state index in [0.717, 1.165) is 29.6 Å². The lowest BCUT2D eigenvalue weighted by Crippen LogP contribution is -2.44. The summed E-state index contributed by atoms with van der Waals surface area (Å²) in [5.41, 5.74) is 3.95. The molecule has 2 saturated carbocycles. The van der Waals surface area contributed by atoms with Crippen molar-refractivity contribution < 1.29 is 14.3 Å². The molecular weight excluding hydrogens is 324 g/mol. The van der Waals surface area contributed by atoms with Crippen LogP contribution >= 0.6 is 0 Å². The first-order chi connectivity index (χ1) is 12.5. The molecule has 3 aliphatic carbocycles. The zero-order valence-corrected chi connectivity index (χ0v) is 16.6. The first-order valence-corrected chi connectivity index (χ1v) is 10.3. The van der Waals surface area contributed by atoms with E-state index < -0.39 is 0 Å². The van der Waals surface area contributed by atoms with Crippen LogP contribution in [-0.2, 0) is 11.2 Å². The number of carbonyl (C=O) groups excluding carboxylic acids is 1. The van der Waals surface area contributed by atoms with Gasteiger partial charge in [-0.3, -0.25) is 4.79 Å². The minimum atomic E-state index is 0.188. The van der Waals surface area contributed by atoms with Gasteiger partial charge in [0.1, 0.15) is 5.75 Å². The SMILES string of the molecule is CCC(=O)c1cc2c(cc1OC)CC[C@@H]1[C@@H]2CC[C@]2(C)[C@@H](OC)CC[C@@H]12. The van der Waals surface area contributed by atoms with Gasteiger partial charge in [-0.1, -0.05) is 13.8 Å². The van der Waals surface area contributed by atoms with Crippen LogP contribution in [0, 0.1) is 17.3 Å². The van der Waals surface area contributed by atoms with E-state index in [1.54, 1.807) is 7.11 Å². The molecule has 0 aliphatic heterocycles. The van der Waals surface area contributed by atoms with Crippen LogP contribution in [-0.4, -0.2) is 26.1 Å². The third kappa shape index (κ3) is 2.54. The van der Waals surface area contributed by atoms with Gasteiger partial charge in [-0.05, 0) is 85.0 Å². The number of Topliss-reactive ketones (excluding diaryl/α,β-unsaturated/α-hetero) is 1. The van der Waals surface area contributed by atoms with E-state index in [9.17, 15) is 4.79 Å². The highest BCUT2D eigenvalue weighted by Crippen LogP contribution is 2.61. The number of aryl methyl sites for hydroxylation is 1. The molecule has 0 N–H and O–H groups in total. The molecular formula is C23H32O3. The van der Waals surface area contributed by atoms with E-state index in [2.05, 4.69) is 19.1 Å². The lowest BCUT2D eigenvalue weighted by atomic mass is 9.55. The van der Waals surface area contributed by atoms with Gasteiger partial charge in [-0.2, -0.15) is 0 Å². The van der Waals surface area contributed by atoms with Crippen molar-refractivity contribution in [2.45, 2.75) is 70.8 Å². The summed E-state index contributed by atoms with van der Waals surface area (Å²) in [5, 5.41) is 0. The molecule has 3 heteroatoms. The monoisotopic (exact) mass is 356 g/mol. The fourth-order valence-electron chi connectivity index (χ4n) is 6.52. The Hall–Kier alpha value is -1.35. The van der Waals surface area contributed by atoms with Crippen LogP contribution in [0.15, 0.2) is 12.1 Å². The predicted molar refractivity (Wildman–Crippen MR) is 103 cm³/mol. The van der Waals surface area contributed by atoms with Gasteiger partial charge in [-0.15, -0.1) is 0 Å². The summed E-state index contributed by atoms with van der Waals surface area (Å²) in [6.07, 6.45) is 8.27. The van der Waals surface area contributed by atoms with Gasteiger partial charge < -0.3 is 9.47 Å².